The summed E-state index contributed by atoms with van der Waals surface area (Å²) in [6, 6.07) is 3.10. The molecule has 1 aromatic heterocycles. The zero-order valence-electron chi connectivity index (χ0n) is 12.4. The summed E-state index contributed by atoms with van der Waals surface area (Å²) in [5, 5.41) is 2.75. The van der Waals surface area contributed by atoms with E-state index in [1.807, 2.05) is 6.92 Å². The maximum Gasteiger partial charge on any atom is 0.170 e. The summed E-state index contributed by atoms with van der Waals surface area (Å²) in [4.78, 5) is 23.5. The van der Waals surface area contributed by atoms with Gasteiger partial charge in [0.05, 0.1) is 11.7 Å². The summed E-state index contributed by atoms with van der Waals surface area (Å²) in [7, 11) is 8.71. The van der Waals surface area contributed by atoms with Crippen LogP contribution in [0.15, 0.2) is 12.1 Å². The number of nitrogens with zero attached hydrogens (tertiary/aromatic N) is 1. The van der Waals surface area contributed by atoms with E-state index in [0.29, 0.717) is 17.6 Å². The lowest BCUT2D eigenvalue weighted by Gasteiger charge is -1.96. The predicted molar refractivity (Wildman–Crippen MR) is 81.6 cm³/mol. The van der Waals surface area contributed by atoms with Gasteiger partial charge >= 0.3 is 0 Å². The highest BCUT2D eigenvalue weighted by Crippen LogP contribution is 2.00. The number of hydrogen-bond acceptors (Lipinski definition) is 6. The Labute approximate surface area is 121 Å². The zero-order chi connectivity index (χ0) is 16.0. The first kappa shape index (κ1) is 20.6. The normalized spacial score (nSPS) is 10.2. The zero-order valence-corrected chi connectivity index (χ0v) is 12.4. The Morgan fingerprint density at radius 2 is 2.05 bits per heavy atom. The van der Waals surface area contributed by atoms with Gasteiger partial charge in [0, 0.05) is 13.7 Å². The molecule has 0 saturated heterocycles. The quantitative estimate of drug-likeness (QED) is 0.581. The molecule has 0 aliphatic heterocycles. The van der Waals surface area contributed by atoms with Crippen LogP contribution >= 0.6 is 0 Å². The van der Waals surface area contributed by atoms with Gasteiger partial charge in [0.2, 0.25) is 0 Å². The van der Waals surface area contributed by atoms with Crippen molar-refractivity contribution in [2.45, 2.75) is 19.9 Å². The Hall–Kier alpha value is -1.73. The standard InChI is InChI=1S/C6H5BN2O.C4H9NO.C3H8O/c7-6-2-1-4(8)5(3-10)9-6;1-4(3-6)5-2;1-3-4-2/h1-3H,8H2;3-5H,1-2H3;3H2,1-2H3. The number of rotatable bonds is 4. The Morgan fingerprint density at radius 1 is 1.50 bits per heavy atom. The summed E-state index contributed by atoms with van der Waals surface area (Å²) in [5.74, 6) is 0. The molecule has 6 nitrogen and oxygen atoms in total. The number of ether oxygens (including phenoxy) is 1. The predicted octanol–water partition coefficient (Wildman–Crippen LogP) is -0.284. The van der Waals surface area contributed by atoms with Crippen molar-refractivity contribution in [3.05, 3.63) is 17.8 Å². The van der Waals surface area contributed by atoms with Crippen molar-refractivity contribution in [3.8, 4) is 0 Å². The van der Waals surface area contributed by atoms with Crippen molar-refractivity contribution in [1.82, 2.24) is 10.3 Å². The fourth-order valence-electron chi connectivity index (χ4n) is 0.664. The highest BCUT2D eigenvalue weighted by atomic mass is 16.5. The first-order valence-electron chi connectivity index (χ1n) is 6.05. The first-order chi connectivity index (χ1) is 9.46. The third-order valence-corrected chi connectivity index (χ3v) is 2.04. The molecule has 1 atom stereocenters. The second-order valence-corrected chi connectivity index (χ2v) is 3.62. The summed E-state index contributed by atoms with van der Waals surface area (Å²) in [6.07, 6.45) is 1.44. The monoisotopic (exact) mass is 279 g/mol. The lowest BCUT2D eigenvalue weighted by molar-refractivity contribution is -0.109. The van der Waals surface area contributed by atoms with E-state index in [4.69, 9.17) is 13.6 Å². The number of carbonyl (C=O) groups is 2. The molecule has 0 aliphatic carbocycles. The Bertz CT molecular complexity index is 387. The van der Waals surface area contributed by atoms with Crippen LogP contribution in [0.5, 0.6) is 0 Å². The first-order valence-corrected chi connectivity index (χ1v) is 6.05. The van der Waals surface area contributed by atoms with Crippen LogP contribution in [0.2, 0.25) is 0 Å². The van der Waals surface area contributed by atoms with E-state index in [1.165, 1.54) is 0 Å². The fourth-order valence-corrected chi connectivity index (χ4v) is 0.664. The van der Waals surface area contributed by atoms with Crippen molar-refractivity contribution in [3.63, 3.8) is 0 Å². The number of aromatic nitrogens is 1. The van der Waals surface area contributed by atoms with Crippen LogP contribution in [0, 0.1) is 0 Å². The molecule has 0 aliphatic rings. The van der Waals surface area contributed by atoms with E-state index >= 15 is 0 Å². The molecule has 110 valence electrons. The van der Waals surface area contributed by atoms with Gasteiger partial charge in [0.1, 0.15) is 19.8 Å². The Balaban J connectivity index is 0. The highest BCUT2D eigenvalue weighted by Gasteiger charge is 1.96. The number of nitrogens with one attached hydrogen (secondary N) is 1. The molecule has 1 unspecified atom stereocenters. The minimum Gasteiger partial charge on any atom is -0.397 e. The lowest BCUT2D eigenvalue weighted by Crippen LogP contribution is -2.21. The van der Waals surface area contributed by atoms with E-state index < -0.39 is 0 Å². The van der Waals surface area contributed by atoms with Crippen molar-refractivity contribution in [2.24, 2.45) is 0 Å². The van der Waals surface area contributed by atoms with E-state index in [1.54, 1.807) is 33.2 Å². The molecule has 1 rings (SSSR count). The van der Waals surface area contributed by atoms with Crippen LogP contribution in [-0.4, -0.2) is 52.2 Å². The number of nitrogen functional groups attached to an aromatic ring is 1. The van der Waals surface area contributed by atoms with Gasteiger partial charge in [-0.1, -0.05) is 0 Å². The third kappa shape index (κ3) is 11.4. The highest BCUT2D eigenvalue weighted by molar-refractivity contribution is 6.30. The maximum atomic E-state index is 10.2. The van der Waals surface area contributed by atoms with Crippen LogP contribution < -0.4 is 16.6 Å². The van der Waals surface area contributed by atoms with Gasteiger partial charge < -0.3 is 20.6 Å². The fraction of sp³-hybridized carbons (Fsp3) is 0.462. The van der Waals surface area contributed by atoms with E-state index in [-0.39, 0.29) is 11.7 Å². The molecule has 0 saturated carbocycles. The van der Waals surface area contributed by atoms with Crippen molar-refractivity contribution in [2.75, 3.05) is 26.5 Å². The molecule has 2 radical (unpaired) electrons. The van der Waals surface area contributed by atoms with Crippen molar-refractivity contribution < 1.29 is 14.3 Å². The average molecular weight is 279 g/mol. The number of likely N-dealkylation sites (N-methyl/N-ethyl adjacent to an activating group) is 1. The van der Waals surface area contributed by atoms with E-state index in [2.05, 4.69) is 15.0 Å². The van der Waals surface area contributed by atoms with E-state index in [9.17, 15) is 9.59 Å². The molecule has 0 bridgehead atoms. The van der Waals surface area contributed by atoms with Gasteiger partial charge in [-0.3, -0.25) is 9.78 Å². The second-order valence-electron chi connectivity index (χ2n) is 3.62. The summed E-state index contributed by atoms with van der Waals surface area (Å²) in [6.45, 7) is 4.58. The number of anilines is 1. The number of carbonyl (C=O) groups excluding carboxylic acids is 2. The minimum absolute atomic E-state index is 0.00463. The minimum atomic E-state index is 0.00463. The smallest absolute Gasteiger partial charge is 0.170 e. The van der Waals surface area contributed by atoms with Crippen molar-refractivity contribution >= 4 is 31.7 Å². The van der Waals surface area contributed by atoms with Crippen molar-refractivity contribution in [1.29, 1.82) is 0 Å². The molecule has 0 fully saturated rings. The number of nitrogens with two attached hydrogens (primary N) is 1. The molecule has 0 aromatic carbocycles. The molecule has 0 spiro atoms. The molecule has 20 heavy (non-hydrogen) atoms. The SMILES string of the molecule is CCOC.CNC(C)C=O.[B]c1ccc(N)c(C=O)n1. The summed E-state index contributed by atoms with van der Waals surface area (Å²) < 4.78 is 4.54. The second kappa shape index (κ2) is 13.7. The van der Waals surface area contributed by atoms with Gasteiger partial charge in [-0.05, 0) is 38.6 Å². The van der Waals surface area contributed by atoms with Gasteiger partial charge in [0.25, 0.3) is 0 Å². The lowest BCUT2D eigenvalue weighted by atomic mass is 10.0. The average Bonchev–Trinajstić information content (AvgIpc) is 2.49. The van der Waals surface area contributed by atoms with Crippen LogP contribution in [0.1, 0.15) is 24.3 Å². The van der Waals surface area contributed by atoms with E-state index in [0.717, 1.165) is 12.9 Å². The molecule has 1 aromatic rings. The largest absolute Gasteiger partial charge is 0.397 e. The topological polar surface area (TPSA) is 94.3 Å². The third-order valence-electron chi connectivity index (χ3n) is 2.04. The Kier molecular flexibility index (Phi) is 14.1. The number of aldehydes is 2. The molecule has 3 N–H and O–H groups in total. The maximum absolute atomic E-state index is 10.2. The number of methoxy groups -OCH3 is 1. The Morgan fingerprint density at radius 3 is 2.30 bits per heavy atom. The molecule has 0 amide bonds. The van der Waals surface area contributed by atoms with Crippen LogP contribution in [0.4, 0.5) is 5.69 Å². The molecule has 7 heteroatoms. The summed E-state index contributed by atoms with van der Waals surface area (Å²) in [5.41, 5.74) is 6.20. The van der Waals surface area contributed by atoms with Crippen LogP contribution in [0.25, 0.3) is 0 Å². The van der Waals surface area contributed by atoms with Gasteiger partial charge in [-0.15, -0.1) is 0 Å². The number of pyridine rings is 1. The molecular weight excluding hydrogens is 257 g/mol. The van der Waals surface area contributed by atoms with Gasteiger partial charge in [-0.2, -0.15) is 0 Å². The van der Waals surface area contributed by atoms with Crippen LogP contribution in [0.3, 0.4) is 0 Å². The molecule has 1 heterocycles. The number of hydrogen-bond donors (Lipinski definition) is 2. The summed E-state index contributed by atoms with van der Waals surface area (Å²) >= 11 is 0. The van der Waals surface area contributed by atoms with Crippen LogP contribution in [-0.2, 0) is 9.53 Å². The molecular formula is C13H22BN3O3. The van der Waals surface area contributed by atoms with Gasteiger partial charge in [0.15, 0.2) is 6.29 Å². The van der Waals surface area contributed by atoms with Gasteiger partial charge in [-0.25, -0.2) is 0 Å².